The molecule has 1 rings (SSSR count). The second kappa shape index (κ2) is 2.37. The highest BCUT2D eigenvalue weighted by Gasteiger charge is 2.24. The molecule has 0 aliphatic heterocycles. The van der Waals surface area contributed by atoms with Crippen LogP contribution in [0, 0.1) is 24.5 Å². The molecule has 1 unspecified atom stereocenters. The second-order valence-corrected chi connectivity index (χ2v) is 2.12. The summed E-state index contributed by atoms with van der Waals surface area (Å²) < 4.78 is 0. The van der Waals surface area contributed by atoms with E-state index in [1.54, 1.807) is 0 Å². The second-order valence-electron chi connectivity index (χ2n) is 2.12. The maximum Gasteiger partial charge on any atom is 0.371 e. The van der Waals surface area contributed by atoms with Crippen LogP contribution >= 0.6 is 0 Å². The Hall–Kier alpha value is -1.21. The number of hydrogen-bond donors (Lipinski definition) is 0. The number of hydrogen-bond acceptors (Lipinski definition) is 0. The van der Waals surface area contributed by atoms with Crippen LogP contribution < -0.4 is 0 Å². The first kappa shape index (κ1) is 5.92. The van der Waals surface area contributed by atoms with Gasteiger partial charge >= 0.3 is 12.1 Å². The van der Waals surface area contributed by atoms with E-state index in [4.69, 9.17) is 6.42 Å². The lowest BCUT2D eigenvalue weighted by atomic mass is 9.82. The highest BCUT2D eigenvalue weighted by atomic mass is 14.6. The van der Waals surface area contributed by atoms with Crippen LogP contribution in [0.4, 0.5) is 0 Å². The molecule has 1 nitrogen and oxygen atoms in total. The monoisotopic (exact) mass is 118 g/mol. The summed E-state index contributed by atoms with van der Waals surface area (Å²) in [5.41, 5.74) is 1.20. The van der Waals surface area contributed by atoms with E-state index in [0.717, 1.165) is 12.8 Å². The third-order valence-corrected chi connectivity index (χ3v) is 1.53. The van der Waals surface area contributed by atoms with Gasteiger partial charge in [0.15, 0.2) is 0 Å². The van der Waals surface area contributed by atoms with Crippen molar-refractivity contribution in [2.75, 3.05) is 0 Å². The zero-order valence-corrected chi connectivity index (χ0v) is 5.22. The molecule has 1 fully saturated rings. The Morgan fingerprint density at radius 1 is 1.78 bits per heavy atom. The van der Waals surface area contributed by atoms with Crippen molar-refractivity contribution >= 4 is 0 Å². The minimum atomic E-state index is 0.348. The highest BCUT2D eigenvalue weighted by Crippen LogP contribution is 2.30. The standard InChI is InChI=1S/C8H8N/c1-3-9-6-8-5-4-7(8)2/h1,8H,2,4-5H2/q+1. The summed E-state index contributed by atoms with van der Waals surface area (Å²) in [6.45, 7) is 3.80. The van der Waals surface area contributed by atoms with E-state index in [1.807, 2.05) is 0 Å². The van der Waals surface area contributed by atoms with E-state index >= 15 is 0 Å². The van der Waals surface area contributed by atoms with Crippen LogP contribution in [0.1, 0.15) is 12.8 Å². The quantitative estimate of drug-likeness (QED) is 0.338. The fourth-order valence-corrected chi connectivity index (χ4v) is 0.764. The molecule has 9 heavy (non-hydrogen) atoms. The predicted molar refractivity (Wildman–Crippen MR) is 37.9 cm³/mol. The first-order chi connectivity index (χ1) is 4.34. The molecule has 0 heterocycles. The van der Waals surface area contributed by atoms with Crippen LogP contribution in [0.5, 0.6) is 0 Å². The molecule has 1 heteroatoms. The van der Waals surface area contributed by atoms with Crippen LogP contribution in [0.3, 0.4) is 0 Å². The van der Waals surface area contributed by atoms with Gasteiger partial charge in [0.25, 0.3) is 0 Å². The summed E-state index contributed by atoms with van der Waals surface area (Å²) >= 11 is 0. The molecule has 0 spiro atoms. The van der Waals surface area contributed by atoms with Gasteiger partial charge in [-0.25, -0.2) is 0 Å². The Bertz CT molecular complexity index is 221. The molecule has 1 aliphatic carbocycles. The number of rotatable bonds is 0. The molecule has 0 saturated heterocycles. The van der Waals surface area contributed by atoms with Crippen molar-refractivity contribution < 1.29 is 0 Å². The van der Waals surface area contributed by atoms with Crippen molar-refractivity contribution in [1.29, 1.82) is 0 Å². The normalized spacial score (nSPS) is 23.0. The van der Waals surface area contributed by atoms with Crippen molar-refractivity contribution in [2.45, 2.75) is 12.8 Å². The summed E-state index contributed by atoms with van der Waals surface area (Å²) in [6.07, 6.45) is 7.12. The highest BCUT2D eigenvalue weighted by molar-refractivity contribution is 5.23. The van der Waals surface area contributed by atoms with Gasteiger partial charge in [-0.1, -0.05) is 12.2 Å². The summed E-state index contributed by atoms with van der Waals surface area (Å²) in [5, 5.41) is 0. The summed E-state index contributed by atoms with van der Waals surface area (Å²) in [4.78, 5) is 3.56. The van der Waals surface area contributed by atoms with E-state index in [2.05, 4.69) is 23.5 Å². The Morgan fingerprint density at radius 3 is 2.89 bits per heavy atom. The van der Waals surface area contributed by atoms with Gasteiger partial charge in [0.1, 0.15) is 5.92 Å². The van der Waals surface area contributed by atoms with Gasteiger partial charge in [-0.05, 0) is 19.3 Å². The third kappa shape index (κ3) is 1.12. The van der Waals surface area contributed by atoms with Crippen molar-refractivity contribution in [2.24, 2.45) is 5.92 Å². The number of terminal acetylenes is 1. The third-order valence-electron chi connectivity index (χ3n) is 1.53. The molecule has 1 atom stereocenters. The van der Waals surface area contributed by atoms with Crippen molar-refractivity contribution in [3.05, 3.63) is 17.0 Å². The molecular formula is C8H8N+. The largest absolute Gasteiger partial charge is 0.371 e. The van der Waals surface area contributed by atoms with Crippen LogP contribution in [0.15, 0.2) is 12.2 Å². The number of allylic oxidation sites excluding steroid dienone is 1. The lowest BCUT2D eigenvalue weighted by Gasteiger charge is -2.18. The molecule has 0 radical (unpaired) electrons. The molecule has 0 N–H and O–H groups in total. The Balaban J connectivity index is 2.48. The van der Waals surface area contributed by atoms with Crippen molar-refractivity contribution in [1.82, 2.24) is 0 Å². The molecule has 0 aromatic carbocycles. The van der Waals surface area contributed by atoms with Crippen LogP contribution in [0.25, 0.3) is 4.85 Å². The van der Waals surface area contributed by atoms with Crippen LogP contribution in [-0.2, 0) is 0 Å². The Kier molecular flexibility index (Phi) is 1.56. The van der Waals surface area contributed by atoms with E-state index < -0.39 is 0 Å². The van der Waals surface area contributed by atoms with E-state index in [0.29, 0.717) is 5.92 Å². The average molecular weight is 118 g/mol. The summed E-state index contributed by atoms with van der Waals surface area (Å²) in [6, 6.07) is 4.97. The minimum Gasteiger partial charge on any atom is -0.0984 e. The van der Waals surface area contributed by atoms with E-state index in [-0.39, 0.29) is 0 Å². The summed E-state index contributed by atoms with van der Waals surface area (Å²) in [5.74, 6) is 0.348. The first-order valence-electron chi connectivity index (χ1n) is 2.93. The average Bonchev–Trinajstić information content (AvgIpc) is 1.86. The van der Waals surface area contributed by atoms with Crippen molar-refractivity contribution in [3.63, 3.8) is 0 Å². The number of nitrogens with zero attached hydrogens (tertiary/aromatic N) is 1. The topological polar surface area (TPSA) is 4.36 Å². The molecule has 44 valence electrons. The molecular weight excluding hydrogens is 110 g/mol. The van der Waals surface area contributed by atoms with Gasteiger partial charge in [0.2, 0.25) is 0 Å². The fraction of sp³-hybridized carbons (Fsp3) is 0.375. The fourth-order valence-electron chi connectivity index (χ4n) is 0.764. The minimum absolute atomic E-state index is 0.348. The van der Waals surface area contributed by atoms with E-state index in [1.165, 1.54) is 5.57 Å². The van der Waals surface area contributed by atoms with Crippen molar-refractivity contribution in [3.8, 4) is 18.5 Å². The van der Waals surface area contributed by atoms with Gasteiger partial charge in [0, 0.05) is 4.85 Å². The smallest absolute Gasteiger partial charge is 0.0984 e. The maximum absolute atomic E-state index is 4.89. The lowest BCUT2D eigenvalue weighted by molar-refractivity contribution is 0.552. The van der Waals surface area contributed by atoms with Gasteiger partial charge in [0.05, 0.1) is 0 Å². The van der Waals surface area contributed by atoms with Gasteiger partial charge < -0.3 is 0 Å². The molecule has 1 saturated carbocycles. The molecule has 0 aromatic rings. The maximum atomic E-state index is 4.89. The SMILES string of the molecule is C#C[N+]#CC1CCC1=C. The molecule has 0 amide bonds. The van der Waals surface area contributed by atoms with Gasteiger partial charge in [-0.15, -0.1) is 0 Å². The van der Waals surface area contributed by atoms with Gasteiger partial charge in [-0.3, -0.25) is 0 Å². The molecule has 0 aromatic heterocycles. The zero-order chi connectivity index (χ0) is 6.69. The van der Waals surface area contributed by atoms with Crippen LogP contribution in [0.2, 0.25) is 0 Å². The van der Waals surface area contributed by atoms with Crippen LogP contribution in [-0.4, -0.2) is 0 Å². The molecule has 0 bridgehead atoms. The lowest BCUT2D eigenvalue weighted by Crippen LogP contribution is -2.11. The summed E-state index contributed by atoms with van der Waals surface area (Å²) in [7, 11) is 0. The first-order valence-corrected chi connectivity index (χ1v) is 2.93. The Morgan fingerprint density at radius 2 is 2.56 bits per heavy atom. The van der Waals surface area contributed by atoms with E-state index in [9.17, 15) is 0 Å². The zero-order valence-electron chi connectivity index (χ0n) is 5.22. The molecule has 1 aliphatic rings. The Labute approximate surface area is 55.2 Å². The van der Waals surface area contributed by atoms with Gasteiger partial charge in [-0.2, -0.15) is 0 Å². The predicted octanol–water partition coefficient (Wildman–Crippen LogP) is 1.88.